The van der Waals surface area contributed by atoms with Crippen molar-refractivity contribution in [1.82, 2.24) is 15.3 Å². The molecule has 3 N–H and O–H groups in total. The number of carboxylic acid groups (broad SMARTS) is 1. The Bertz CT molecular complexity index is 683. The largest absolute Gasteiger partial charge is 0.480 e. The molecule has 0 aliphatic carbocycles. The summed E-state index contributed by atoms with van der Waals surface area (Å²) in [4.78, 5) is 31.1. The van der Waals surface area contributed by atoms with Crippen molar-refractivity contribution in [2.45, 2.75) is 38.5 Å². The van der Waals surface area contributed by atoms with Gasteiger partial charge < -0.3 is 15.4 Å². The van der Waals surface area contributed by atoms with Gasteiger partial charge in [0.05, 0.1) is 22.0 Å². The summed E-state index contributed by atoms with van der Waals surface area (Å²) >= 11 is 1.43. The molecule has 0 saturated carbocycles. The van der Waals surface area contributed by atoms with Crippen LogP contribution >= 0.6 is 11.8 Å². The van der Waals surface area contributed by atoms with E-state index in [1.165, 1.54) is 11.8 Å². The van der Waals surface area contributed by atoms with Gasteiger partial charge in [-0.25, -0.2) is 9.78 Å². The molecule has 0 radical (unpaired) electrons. The fourth-order valence-electron chi connectivity index (χ4n) is 2.34. The predicted molar refractivity (Wildman–Crippen MR) is 96.0 cm³/mol. The minimum atomic E-state index is -0.993. The second kappa shape index (κ2) is 8.19. The van der Waals surface area contributed by atoms with Crippen LogP contribution in [0.5, 0.6) is 0 Å². The lowest BCUT2D eigenvalue weighted by Gasteiger charge is -2.20. The molecule has 0 saturated heterocycles. The zero-order valence-corrected chi connectivity index (χ0v) is 14.9. The lowest BCUT2D eigenvalue weighted by atomic mass is 9.99. The van der Waals surface area contributed by atoms with E-state index in [9.17, 15) is 14.7 Å². The van der Waals surface area contributed by atoms with Crippen molar-refractivity contribution in [3.63, 3.8) is 0 Å². The van der Waals surface area contributed by atoms with Gasteiger partial charge in [0.15, 0.2) is 0 Å². The molecule has 7 heteroatoms. The lowest BCUT2D eigenvalue weighted by molar-refractivity contribution is -0.143. The summed E-state index contributed by atoms with van der Waals surface area (Å²) in [6.07, 6.45) is 0.694. The van der Waals surface area contributed by atoms with Gasteiger partial charge in [-0.05, 0) is 25.0 Å². The van der Waals surface area contributed by atoms with Crippen LogP contribution in [0.4, 0.5) is 0 Å². The molecule has 6 nitrogen and oxygen atoms in total. The fraction of sp³-hybridized carbons (Fsp3) is 0.471. The summed E-state index contributed by atoms with van der Waals surface area (Å²) in [5.41, 5.74) is 1.86. The van der Waals surface area contributed by atoms with E-state index < -0.39 is 12.0 Å². The zero-order valence-electron chi connectivity index (χ0n) is 14.1. The number of fused-ring (bicyclic) bond motifs is 1. The first-order chi connectivity index (χ1) is 11.4. The smallest absolute Gasteiger partial charge is 0.326 e. The minimum absolute atomic E-state index is 0.00928. The van der Waals surface area contributed by atoms with E-state index in [2.05, 4.69) is 15.3 Å². The number of carbonyl (C=O) groups excluding carboxylic acids is 1. The third-order valence-corrected chi connectivity index (χ3v) is 5.20. The van der Waals surface area contributed by atoms with Gasteiger partial charge in [0.2, 0.25) is 5.91 Å². The molecule has 3 atom stereocenters. The van der Waals surface area contributed by atoms with Crippen LogP contribution < -0.4 is 5.32 Å². The van der Waals surface area contributed by atoms with E-state index in [-0.39, 0.29) is 22.8 Å². The quantitative estimate of drug-likeness (QED) is 0.681. The summed E-state index contributed by atoms with van der Waals surface area (Å²) < 4.78 is 0. The third-order valence-electron chi connectivity index (χ3n) is 4.05. The SMILES string of the molecule is CC[C@H](C)[C@H](NC(=O)CSC(C)c1nc2ccccc2[nH]1)C(=O)O. The first-order valence-corrected chi connectivity index (χ1v) is 9.05. The van der Waals surface area contributed by atoms with Crippen molar-refractivity contribution in [3.05, 3.63) is 30.1 Å². The molecule has 1 unspecified atom stereocenters. The number of benzene rings is 1. The molecule has 1 aromatic carbocycles. The summed E-state index contributed by atoms with van der Waals surface area (Å²) in [6, 6.07) is 6.92. The van der Waals surface area contributed by atoms with Gasteiger partial charge in [0, 0.05) is 0 Å². The van der Waals surface area contributed by atoms with Crippen LogP contribution in [0.15, 0.2) is 24.3 Å². The van der Waals surface area contributed by atoms with Gasteiger partial charge in [0.1, 0.15) is 11.9 Å². The van der Waals surface area contributed by atoms with Gasteiger partial charge in [-0.2, -0.15) is 0 Å². The number of amides is 1. The Hall–Kier alpha value is -2.02. The van der Waals surface area contributed by atoms with Crippen molar-refractivity contribution in [2.75, 3.05) is 5.75 Å². The van der Waals surface area contributed by atoms with Crippen molar-refractivity contribution >= 4 is 34.7 Å². The molecule has 0 bridgehead atoms. The molecule has 0 aliphatic heterocycles. The standard InChI is InChI=1S/C17H23N3O3S/c1-4-10(2)15(17(22)23)20-14(21)9-24-11(3)16-18-12-7-5-6-8-13(12)19-16/h5-8,10-11,15H,4,9H2,1-3H3,(H,18,19)(H,20,21)(H,22,23)/t10-,11?,15-/m0/s1. The predicted octanol–water partition coefficient (Wildman–Crippen LogP) is 2.97. The summed E-state index contributed by atoms with van der Waals surface area (Å²) in [6.45, 7) is 5.70. The molecule has 0 aliphatic rings. The number of carbonyl (C=O) groups is 2. The Labute approximate surface area is 145 Å². The molecule has 0 spiro atoms. The Kier molecular flexibility index (Phi) is 6.25. The van der Waals surface area contributed by atoms with Gasteiger partial charge in [-0.1, -0.05) is 32.4 Å². The first kappa shape index (κ1) is 18.3. The highest BCUT2D eigenvalue weighted by Gasteiger charge is 2.25. The zero-order chi connectivity index (χ0) is 17.7. The fourth-order valence-corrected chi connectivity index (χ4v) is 3.10. The normalized spacial score (nSPS) is 15.0. The average Bonchev–Trinajstić information content (AvgIpc) is 3.00. The van der Waals surface area contributed by atoms with Gasteiger partial charge in [-0.3, -0.25) is 4.79 Å². The van der Waals surface area contributed by atoms with Gasteiger partial charge in [0.25, 0.3) is 0 Å². The van der Waals surface area contributed by atoms with Gasteiger partial charge >= 0.3 is 5.97 Å². The molecule has 1 aromatic heterocycles. The van der Waals surface area contributed by atoms with Crippen molar-refractivity contribution in [3.8, 4) is 0 Å². The molecule has 2 aromatic rings. The number of thioether (sulfide) groups is 1. The number of nitrogens with zero attached hydrogens (tertiary/aromatic N) is 1. The van der Waals surface area contributed by atoms with Crippen LogP contribution in [0.2, 0.25) is 0 Å². The molecule has 24 heavy (non-hydrogen) atoms. The van der Waals surface area contributed by atoms with Crippen LogP contribution in [-0.2, 0) is 9.59 Å². The van der Waals surface area contributed by atoms with Crippen LogP contribution in [0, 0.1) is 5.92 Å². The monoisotopic (exact) mass is 349 g/mol. The Morgan fingerprint density at radius 2 is 2.04 bits per heavy atom. The van der Waals surface area contributed by atoms with Crippen molar-refractivity contribution < 1.29 is 14.7 Å². The molecule has 2 rings (SSSR count). The maximum Gasteiger partial charge on any atom is 0.326 e. The maximum atomic E-state index is 12.1. The third kappa shape index (κ3) is 4.50. The summed E-state index contributed by atoms with van der Waals surface area (Å²) in [5.74, 6) is -0.364. The van der Waals surface area contributed by atoms with E-state index in [4.69, 9.17) is 0 Å². The van der Waals surface area contributed by atoms with E-state index >= 15 is 0 Å². The number of rotatable bonds is 8. The van der Waals surface area contributed by atoms with Crippen molar-refractivity contribution in [1.29, 1.82) is 0 Å². The molecule has 1 heterocycles. The number of hydrogen-bond donors (Lipinski definition) is 3. The second-order valence-electron chi connectivity index (χ2n) is 5.86. The number of aliphatic carboxylic acids is 1. The lowest BCUT2D eigenvalue weighted by Crippen LogP contribution is -2.45. The van der Waals surface area contributed by atoms with Crippen LogP contribution in [0.3, 0.4) is 0 Å². The summed E-state index contributed by atoms with van der Waals surface area (Å²) in [7, 11) is 0. The highest BCUT2D eigenvalue weighted by atomic mass is 32.2. The second-order valence-corrected chi connectivity index (χ2v) is 7.19. The van der Waals surface area contributed by atoms with Gasteiger partial charge in [-0.15, -0.1) is 11.8 Å². The first-order valence-electron chi connectivity index (χ1n) is 8.00. The van der Waals surface area contributed by atoms with Crippen LogP contribution in [0.25, 0.3) is 11.0 Å². The molecule has 130 valence electrons. The molecule has 0 fully saturated rings. The van der Waals surface area contributed by atoms with E-state index in [1.54, 1.807) is 0 Å². The average molecular weight is 349 g/mol. The van der Waals surface area contributed by atoms with Crippen LogP contribution in [-0.4, -0.2) is 38.7 Å². The van der Waals surface area contributed by atoms with Crippen molar-refractivity contribution in [2.24, 2.45) is 5.92 Å². The number of carboxylic acids is 1. The van der Waals surface area contributed by atoms with Crippen LogP contribution in [0.1, 0.15) is 38.3 Å². The number of hydrogen-bond acceptors (Lipinski definition) is 4. The number of nitrogens with one attached hydrogen (secondary N) is 2. The molecule has 1 amide bonds. The number of H-pyrrole nitrogens is 1. The maximum absolute atomic E-state index is 12.1. The highest BCUT2D eigenvalue weighted by molar-refractivity contribution is 8.00. The Balaban J connectivity index is 1.91. The Morgan fingerprint density at radius 3 is 2.67 bits per heavy atom. The van der Waals surface area contributed by atoms with E-state index in [0.717, 1.165) is 16.9 Å². The highest BCUT2D eigenvalue weighted by Crippen LogP contribution is 2.27. The molecular formula is C17H23N3O3S. The topological polar surface area (TPSA) is 95.1 Å². The van der Waals surface area contributed by atoms with E-state index in [0.29, 0.717) is 6.42 Å². The number of aromatic nitrogens is 2. The molecular weight excluding hydrogens is 326 g/mol. The number of para-hydroxylation sites is 2. The van der Waals surface area contributed by atoms with E-state index in [1.807, 2.05) is 45.0 Å². The summed E-state index contributed by atoms with van der Waals surface area (Å²) in [5, 5.41) is 11.8. The number of imidazole rings is 1. The minimum Gasteiger partial charge on any atom is -0.480 e. The number of aromatic amines is 1. The Morgan fingerprint density at radius 1 is 1.33 bits per heavy atom.